The smallest absolute Gasteiger partial charge is 0.254 e. The van der Waals surface area contributed by atoms with E-state index in [1.54, 1.807) is 18.2 Å². The number of rotatable bonds is 3. The molecule has 7 heteroatoms. The van der Waals surface area contributed by atoms with E-state index in [1.807, 2.05) is 35.2 Å². The molecule has 2 aliphatic heterocycles. The van der Waals surface area contributed by atoms with Crippen LogP contribution >= 0.6 is 0 Å². The lowest BCUT2D eigenvalue weighted by Gasteiger charge is -2.35. The second kappa shape index (κ2) is 8.09. The lowest BCUT2D eigenvalue weighted by molar-refractivity contribution is 0.0746. The molecule has 0 saturated carbocycles. The Hall–Kier alpha value is -4.13. The number of piperazine rings is 1. The molecule has 0 N–H and O–H groups in total. The molecule has 1 saturated heterocycles. The van der Waals surface area contributed by atoms with Gasteiger partial charge in [0.25, 0.3) is 5.91 Å². The second-order valence-corrected chi connectivity index (χ2v) is 8.15. The van der Waals surface area contributed by atoms with E-state index in [4.69, 9.17) is 9.47 Å². The highest BCUT2D eigenvalue weighted by Gasteiger charge is 2.25. The van der Waals surface area contributed by atoms with Gasteiger partial charge in [-0.15, -0.1) is 10.2 Å². The first-order valence-corrected chi connectivity index (χ1v) is 11.0. The lowest BCUT2D eigenvalue weighted by Crippen LogP contribution is -2.49. The molecule has 2 aliphatic rings. The van der Waals surface area contributed by atoms with Gasteiger partial charge in [0.1, 0.15) is 0 Å². The zero-order chi connectivity index (χ0) is 22.2. The average molecular weight is 438 g/mol. The molecular weight excluding hydrogens is 416 g/mol. The van der Waals surface area contributed by atoms with Crippen molar-refractivity contribution in [3.63, 3.8) is 0 Å². The Kier molecular flexibility index (Phi) is 4.79. The quantitative estimate of drug-likeness (QED) is 0.482. The van der Waals surface area contributed by atoms with E-state index in [0.717, 1.165) is 22.5 Å². The molecular formula is C26H22N4O3. The number of carbonyl (C=O) groups excluding carboxylic acids is 1. The molecule has 164 valence electrons. The van der Waals surface area contributed by atoms with Crippen LogP contribution in [-0.4, -0.2) is 54.0 Å². The van der Waals surface area contributed by atoms with Gasteiger partial charge in [-0.3, -0.25) is 4.79 Å². The number of hydrogen-bond donors (Lipinski definition) is 0. The van der Waals surface area contributed by atoms with Gasteiger partial charge < -0.3 is 19.3 Å². The maximum Gasteiger partial charge on any atom is 0.254 e. The maximum absolute atomic E-state index is 12.9. The Morgan fingerprint density at radius 2 is 1.61 bits per heavy atom. The predicted octanol–water partition coefficient (Wildman–Crippen LogP) is 3.99. The average Bonchev–Trinajstić information content (AvgIpc) is 3.36. The van der Waals surface area contributed by atoms with E-state index in [-0.39, 0.29) is 12.7 Å². The third kappa shape index (κ3) is 3.61. The third-order valence-corrected chi connectivity index (χ3v) is 6.23. The van der Waals surface area contributed by atoms with Gasteiger partial charge in [0.2, 0.25) is 6.79 Å². The van der Waals surface area contributed by atoms with Crippen LogP contribution in [0, 0.1) is 0 Å². The largest absolute Gasteiger partial charge is 0.454 e. The van der Waals surface area contributed by atoms with E-state index in [2.05, 4.69) is 39.4 Å². The number of anilines is 1. The summed E-state index contributed by atoms with van der Waals surface area (Å²) in [6, 6.07) is 23.9. The molecule has 0 unspecified atom stereocenters. The molecule has 33 heavy (non-hydrogen) atoms. The molecule has 3 aromatic carbocycles. The van der Waals surface area contributed by atoms with Crippen LogP contribution in [0.5, 0.6) is 11.5 Å². The SMILES string of the molecule is O=C(c1ccc2c(c1)OCO2)N1CCN(c2ccc(-c3cccc4ccccc34)nn2)CC1. The Balaban J connectivity index is 1.14. The zero-order valence-corrected chi connectivity index (χ0v) is 18.0. The molecule has 0 aliphatic carbocycles. The number of ether oxygens (including phenoxy) is 2. The molecule has 4 aromatic rings. The summed E-state index contributed by atoms with van der Waals surface area (Å²) < 4.78 is 10.7. The van der Waals surface area contributed by atoms with Gasteiger partial charge in [-0.2, -0.15) is 0 Å². The minimum absolute atomic E-state index is 0.00494. The fourth-order valence-corrected chi connectivity index (χ4v) is 4.44. The van der Waals surface area contributed by atoms with Gasteiger partial charge in [-0.1, -0.05) is 42.5 Å². The fraction of sp³-hybridized carbons (Fsp3) is 0.192. The minimum Gasteiger partial charge on any atom is -0.454 e. The van der Waals surface area contributed by atoms with Crippen LogP contribution in [0.3, 0.4) is 0 Å². The van der Waals surface area contributed by atoms with Gasteiger partial charge in [-0.05, 0) is 41.1 Å². The number of carbonyl (C=O) groups is 1. The van der Waals surface area contributed by atoms with Crippen molar-refractivity contribution in [1.29, 1.82) is 0 Å². The highest BCUT2D eigenvalue weighted by Crippen LogP contribution is 2.33. The van der Waals surface area contributed by atoms with Crippen molar-refractivity contribution in [2.24, 2.45) is 0 Å². The van der Waals surface area contributed by atoms with Gasteiger partial charge in [0.05, 0.1) is 5.69 Å². The van der Waals surface area contributed by atoms with Crippen molar-refractivity contribution >= 4 is 22.5 Å². The molecule has 0 bridgehead atoms. The van der Waals surface area contributed by atoms with E-state index in [0.29, 0.717) is 43.2 Å². The van der Waals surface area contributed by atoms with Crippen LogP contribution in [0.2, 0.25) is 0 Å². The summed E-state index contributed by atoms with van der Waals surface area (Å²) in [4.78, 5) is 17.0. The Labute approximate surface area is 191 Å². The number of aromatic nitrogens is 2. The summed E-state index contributed by atoms with van der Waals surface area (Å²) >= 11 is 0. The molecule has 0 atom stereocenters. The zero-order valence-electron chi connectivity index (χ0n) is 18.0. The van der Waals surface area contributed by atoms with Crippen molar-refractivity contribution < 1.29 is 14.3 Å². The van der Waals surface area contributed by atoms with Crippen molar-refractivity contribution in [2.75, 3.05) is 37.9 Å². The number of fused-ring (bicyclic) bond motifs is 2. The Morgan fingerprint density at radius 1 is 0.788 bits per heavy atom. The molecule has 1 fully saturated rings. The van der Waals surface area contributed by atoms with Gasteiger partial charge in [-0.25, -0.2) is 0 Å². The monoisotopic (exact) mass is 438 g/mol. The van der Waals surface area contributed by atoms with Gasteiger partial charge >= 0.3 is 0 Å². The van der Waals surface area contributed by atoms with Crippen molar-refractivity contribution in [1.82, 2.24) is 15.1 Å². The number of hydrogen-bond acceptors (Lipinski definition) is 6. The molecule has 1 aromatic heterocycles. The molecule has 3 heterocycles. The van der Waals surface area contributed by atoms with Crippen molar-refractivity contribution in [2.45, 2.75) is 0 Å². The summed E-state index contributed by atoms with van der Waals surface area (Å²) in [5, 5.41) is 11.4. The van der Waals surface area contributed by atoms with Crippen LogP contribution in [0.15, 0.2) is 72.8 Å². The van der Waals surface area contributed by atoms with Gasteiger partial charge in [0.15, 0.2) is 17.3 Å². The first kappa shape index (κ1) is 19.5. The molecule has 0 spiro atoms. The third-order valence-electron chi connectivity index (χ3n) is 6.23. The summed E-state index contributed by atoms with van der Waals surface area (Å²) in [5.74, 6) is 2.14. The van der Waals surface area contributed by atoms with E-state index in [1.165, 1.54) is 5.39 Å². The summed E-state index contributed by atoms with van der Waals surface area (Å²) in [7, 11) is 0. The van der Waals surface area contributed by atoms with Crippen LogP contribution in [0.25, 0.3) is 22.0 Å². The summed E-state index contributed by atoms with van der Waals surface area (Å²) in [6.45, 7) is 2.86. The minimum atomic E-state index is 0.00494. The summed E-state index contributed by atoms with van der Waals surface area (Å²) in [6.07, 6.45) is 0. The summed E-state index contributed by atoms with van der Waals surface area (Å²) in [5.41, 5.74) is 2.55. The highest BCUT2D eigenvalue weighted by molar-refractivity contribution is 5.96. The highest BCUT2D eigenvalue weighted by atomic mass is 16.7. The number of nitrogens with zero attached hydrogens (tertiary/aromatic N) is 4. The molecule has 6 rings (SSSR count). The van der Waals surface area contributed by atoms with E-state index in [9.17, 15) is 4.79 Å². The molecule has 0 radical (unpaired) electrons. The van der Waals surface area contributed by atoms with Crippen LogP contribution in [0.4, 0.5) is 5.82 Å². The van der Waals surface area contributed by atoms with E-state index < -0.39 is 0 Å². The number of amides is 1. The van der Waals surface area contributed by atoms with Gasteiger partial charge in [0, 0.05) is 37.3 Å². The molecule has 1 amide bonds. The van der Waals surface area contributed by atoms with Crippen molar-refractivity contribution in [3.8, 4) is 22.8 Å². The lowest BCUT2D eigenvalue weighted by atomic mass is 10.0. The first-order chi connectivity index (χ1) is 16.3. The van der Waals surface area contributed by atoms with Crippen LogP contribution in [-0.2, 0) is 0 Å². The topological polar surface area (TPSA) is 67.8 Å². The number of benzene rings is 3. The van der Waals surface area contributed by atoms with Crippen molar-refractivity contribution in [3.05, 3.63) is 78.4 Å². The normalized spacial score (nSPS) is 15.2. The Morgan fingerprint density at radius 3 is 2.45 bits per heavy atom. The molecule has 7 nitrogen and oxygen atoms in total. The van der Waals surface area contributed by atoms with Crippen LogP contribution < -0.4 is 14.4 Å². The second-order valence-electron chi connectivity index (χ2n) is 8.15. The fourth-order valence-electron chi connectivity index (χ4n) is 4.44. The predicted molar refractivity (Wildman–Crippen MR) is 126 cm³/mol. The van der Waals surface area contributed by atoms with Crippen LogP contribution in [0.1, 0.15) is 10.4 Å². The maximum atomic E-state index is 12.9. The standard InChI is InChI=1S/C26H22N4O3/c31-26(19-8-10-23-24(16-19)33-17-32-23)30-14-12-29(13-15-30)25-11-9-22(27-28-25)21-7-3-5-18-4-1-2-6-20(18)21/h1-11,16H,12-15,17H2. The van der Waals surface area contributed by atoms with E-state index >= 15 is 0 Å². The Bertz CT molecular complexity index is 1330. The first-order valence-electron chi connectivity index (χ1n) is 11.0.